The maximum absolute atomic E-state index is 11.7. The van der Waals surface area contributed by atoms with Gasteiger partial charge in [-0.25, -0.2) is 4.79 Å². The van der Waals surface area contributed by atoms with Gasteiger partial charge in [0.25, 0.3) is 0 Å². The van der Waals surface area contributed by atoms with Crippen LogP contribution in [0.5, 0.6) is 0 Å². The standard InChI is InChI=1S/C16H25N3O4/c1-16(2,3)23-15(22)19-11-13(20)10-14(21)18-9-7-12-6-4-5-8-17-12/h4-6,8,13,20H,7,9-11H2,1-3H3,(H,18,21)(H,19,22). The van der Waals surface area contributed by atoms with Crippen molar-refractivity contribution in [2.24, 2.45) is 0 Å². The van der Waals surface area contributed by atoms with Crippen LogP contribution in [0.25, 0.3) is 0 Å². The minimum atomic E-state index is -0.961. The quantitative estimate of drug-likeness (QED) is 0.695. The number of aromatic nitrogens is 1. The normalized spacial score (nSPS) is 12.3. The third kappa shape index (κ3) is 9.46. The molecule has 1 heterocycles. The zero-order chi connectivity index (χ0) is 17.3. The fourth-order valence-electron chi connectivity index (χ4n) is 1.75. The van der Waals surface area contributed by atoms with Crippen molar-refractivity contribution >= 4 is 12.0 Å². The van der Waals surface area contributed by atoms with Crippen LogP contribution in [0.2, 0.25) is 0 Å². The molecule has 0 aliphatic heterocycles. The summed E-state index contributed by atoms with van der Waals surface area (Å²) >= 11 is 0. The van der Waals surface area contributed by atoms with Gasteiger partial charge in [0, 0.05) is 31.4 Å². The number of carbonyl (C=O) groups is 2. The van der Waals surface area contributed by atoms with Gasteiger partial charge in [0.2, 0.25) is 5.91 Å². The lowest BCUT2D eigenvalue weighted by molar-refractivity contribution is -0.122. The summed E-state index contributed by atoms with van der Waals surface area (Å²) in [4.78, 5) is 27.3. The fourth-order valence-corrected chi connectivity index (χ4v) is 1.75. The lowest BCUT2D eigenvalue weighted by Crippen LogP contribution is -2.39. The van der Waals surface area contributed by atoms with Gasteiger partial charge < -0.3 is 20.5 Å². The summed E-state index contributed by atoms with van der Waals surface area (Å²) in [5.74, 6) is -0.278. The van der Waals surface area contributed by atoms with Crippen LogP contribution in [0.4, 0.5) is 4.79 Å². The zero-order valence-corrected chi connectivity index (χ0v) is 13.8. The summed E-state index contributed by atoms with van der Waals surface area (Å²) in [6.07, 6.45) is 0.657. The predicted molar refractivity (Wildman–Crippen MR) is 85.8 cm³/mol. The Morgan fingerprint density at radius 2 is 2.04 bits per heavy atom. The first-order valence-corrected chi connectivity index (χ1v) is 7.58. The first-order chi connectivity index (χ1) is 10.8. The van der Waals surface area contributed by atoms with E-state index in [2.05, 4.69) is 15.6 Å². The molecular formula is C16H25N3O4. The van der Waals surface area contributed by atoms with E-state index in [0.717, 1.165) is 5.69 Å². The Balaban J connectivity index is 2.17. The molecule has 1 aromatic rings. The van der Waals surface area contributed by atoms with E-state index in [9.17, 15) is 14.7 Å². The van der Waals surface area contributed by atoms with Crippen LogP contribution in [-0.4, -0.2) is 46.9 Å². The minimum Gasteiger partial charge on any atom is -0.444 e. The van der Waals surface area contributed by atoms with E-state index in [1.807, 2.05) is 18.2 Å². The number of nitrogens with zero attached hydrogens (tertiary/aromatic N) is 1. The molecule has 0 fully saturated rings. The van der Waals surface area contributed by atoms with Crippen molar-refractivity contribution in [1.29, 1.82) is 0 Å². The molecular weight excluding hydrogens is 298 g/mol. The van der Waals surface area contributed by atoms with Gasteiger partial charge in [-0.1, -0.05) is 6.07 Å². The fraction of sp³-hybridized carbons (Fsp3) is 0.562. The van der Waals surface area contributed by atoms with E-state index in [4.69, 9.17) is 4.74 Å². The molecule has 0 radical (unpaired) electrons. The molecule has 1 rings (SSSR count). The molecule has 0 spiro atoms. The highest BCUT2D eigenvalue weighted by Gasteiger charge is 2.17. The van der Waals surface area contributed by atoms with Crippen molar-refractivity contribution in [2.75, 3.05) is 13.1 Å². The number of carbonyl (C=O) groups excluding carboxylic acids is 2. The summed E-state index contributed by atoms with van der Waals surface area (Å²) in [6.45, 7) is 5.65. The highest BCUT2D eigenvalue weighted by molar-refractivity contribution is 5.76. The molecule has 0 saturated heterocycles. The Bertz CT molecular complexity index is 500. The predicted octanol–water partition coefficient (Wildman–Crippen LogP) is 1.02. The molecule has 3 N–H and O–H groups in total. The van der Waals surface area contributed by atoms with Gasteiger partial charge in [-0.15, -0.1) is 0 Å². The maximum Gasteiger partial charge on any atom is 0.407 e. The van der Waals surface area contributed by atoms with Gasteiger partial charge in [0.1, 0.15) is 5.60 Å². The Morgan fingerprint density at radius 3 is 2.65 bits per heavy atom. The first-order valence-electron chi connectivity index (χ1n) is 7.58. The smallest absolute Gasteiger partial charge is 0.407 e. The molecule has 128 valence electrons. The zero-order valence-electron chi connectivity index (χ0n) is 13.8. The second-order valence-corrected chi connectivity index (χ2v) is 6.16. The number of hydrogen-bond acceptors (Lipinski definition) is 5. The summed E-state index contributed by atoms with van der Waals surface area (Å²) in [5, 5.41) is 14.9. The summed E-state index contributed by atoms with van der Waals surface area (Å²) in [5.41, 5.74) is 0.290. The largest absolute Gasteiger partial charge is 0.444 e. The second-order valence-electron chi connectivity index (χ2n) is 6.16. The molecule has 7 heteroatoms. The van der Waals surface area contributed by atoms with Crippen LogP contribution in [0.15, 0.2) is 24.4 Å². The Labute approximate surface area is 136 Å². The molecule has 2 amide bonds. The highest BCUT2D eigenvalue weighted by atomic mass is 16.6. The van der Waals surface area contributed by atoms with Crippen LogP contribution in [-0.2, 0) is 16.0 Å². The number of hydrogen-bond donors (Lipinski definition) is 3. The van der Waals surface area contributed by atoms with Crippen LogP contribution in [0.1, 0.15) is 32.9 Å². The van der Waals surface area contributed by atoms with Crippen LogP contribution < -0.4 is 10.6 Å². The van der Waals surface area contributed by atoms with E-state index in [1.54, 1.807) is 27.0 Å². The SMILES string of the molecule is CC(C)(C)OC(=O)NCC(O)CC(=O)NCCc1ccccn1. The molecule has 0 bridgehead atoms. The molecule has 0 aliphatic rings. The van der Waals surface area contributed by atoms with Crippen molar-refractivity contribution in [3.05, 3.63) is 30.1 Å². The van der Waals surface area contributed by atoms with Gasteiger partial charge in [-0.05, 0) is 32.9 Å². The van der Waals surface area contributed by atoms with E-state index in [1.165, 1.54) is 0 Å². The third-order valence-electron chi connectivity index (χ3n) is 2.73. The number of rotatable bonds is 7. The van der Waals surface area contributed by atoms with Crippen molar-refractivity contribution in [3.63, 3.8) is 0 Å². The number of alkyl carbamates (subject to hydrolysis) is 1. The number of amides is 2. The van der Waals surface area contributed by atoms with Gasteiger partial charge >= 0.3 is 6.09 Å². The van der Waals surface area contributed by atoms with E-state index < -0.39 is 17.8 Å². The Hall–Kier alpha value is -2.15. The molecule has 1 unspecified atom stereocenters. The number of ether oxygens (including phenoxy) is 1. The molecule has 1 atom stereocenters. The molecule has 7 nitrogen and oxygen atoms in total. The van der Waals surface area contributed by atoms with Crippen molar-refractivity contribution in [2.45, 2.75) is 45.3 Å². The van der Waals surface area contributed by atoms with Crippen molar-refractivity contribution < 1.29 is 19.4 Å². The average molecular weight is 323 g/mol. The average Bonchev–Trinajstić information content (AvgIpc) is 2.44. The molecule has 0 aliphatic carbocycles. The lowest BCUT2D eigenvalue weighted by Gasteiger charge is -2.20. The molecule has 1 aromatic heterocycles. The number of nitrogens with one attached hydrogen (secondary N) is 2. The summed E-state index contributed by atoms with van der Waals surface area (Å²) in [7, 11) is 0. The number of aliphatic hydroxyl groups is 1. The second kappa shape index (κ2) is 9.09. The van der Waals surface area contributed by atoms with Gasteiger partial charge in [0.15, 0.2) is 0 Å². The van der Waals surface area contributed by atoms with Crippen LogP contribution >= 0.6 is 0 Å². The molecule has 0 saturated carbocycles. The topological polar surface area (TPSA) is 101 Å². The Kier molecular flexibility index (Phi) is 7.47. The van der Waals surface area contributed by atoms with Gasteiger partial charge in [0.05, 0.1) is 12.5 Å². The van der Waals surface area contributed by atoms with Crippen LogP contribution in [0, 0.1) is 0 Å². The van der Waals surface area contributed by atoms with Gasteiger partial charge in [-0.3, -0.25) is 9.78 Å². The summed E-state index contributed by atoms with van der Waals surface area (Å²) < 4.78 is 5.04. The van der Waals surface area contributed by atoms with E-state index >= 15 is 0 Å². The van der Waals surface area contributed by atoms with E-state index in [0.29, 0.717) is 13.0 Å². The van der Waals surface area contributed by atoms with Crippen LogP contribution in [0.3, 0.4) is 0 Å². The number of aliphatic hydroxyl groups excluding tert-OH is 1. The Morgan fingerprint density at radius 1 is 1.30 bits per heavy atom. The van der Waals surface area contributed by atoms with Crippen molar-refractivity contribution in [3.8, 4) is 0 Å². The minimum absolute atomic E-state index is 0.0391. The third-order valence-corrected chi connectivity index (χ3v) is 2.73. The van der Waals surface area contributed by atoms with Crippen molar-refractivity contribution in [1.82, 2.24) is 15.6 Å². The lowest BCUT2D eigenvalue weighted by atomic mass is 10.2. The highest BCUT2D eigenvalue weighted by Crippen LogP contribution is 2.06. The summed E-state index contributed by atoms with van der Waals surface area (Å²) in [6, 6.07) is 5.60. The monoisotopic (exact) mass is 323 g/mol. The first kappa shape index (κ1) is 18.9. The number of pyridine rings is 1. The van der Waals surface area contributed by atoms with E-state index in [-0.39, 0.29) is 18.9 Å². The molecule has 23 heavy (non-hydrogen) atoms. The van der Waals surface area contributed by atoms with Gasteiger partial charge in [-0.2, -0.15) is 0 Å². The molecule has 0 aromatic carbocycles. The maximum atomic E-state index is 11.7.